The molecule has 118 heavy (non-hydrogen) atoms. The van der Waals surface area contributed by atoms with Gasteiger partial charge in [-0.15, -0.1) is 0 Å². The van der Waals surface area contributed by atoms with Crippen LogP contribution in [0, 0.1) is 0 Å². The van der Waals surface area contributed by atoms with Crippen molar-refractivity contribution in [2.24, 2.45) is 0 Å². The zero-order chi connectivity index (χ0) is 81.0. The Bertz CT molecular complexity index is 4490. The van der Waals surface area contributed by atoms with Gasteiger partial charge in [-0.2, -0.15) is 0 Å². The number of hydrogen-bond donors (Lipinski definition) is 3. The molecular formula is C96H105NO21. The molecule has 0 aromatic heterocycles. The Balaban J connectivity index is 0.896. The van der Waals surface area contributed by atoms with E-state index in [0.29, 0.717) is 11.5 Å². The third-order valence-corrected chi connectivity index (χ3v) is 21.1. The van der Waals surface area contributed by atoms with E-state index >= 15 is 0 Å². The number of ether oxygens (including phenoxy) is 18. The summed E-state index contributed by atoms with van der Waals surface area (Å²) in [5.74, 6) is 0.472. The van der Waals surface area contributed by atoms with Gasteiger partial charge in [-0.05, 0) is 81.3 Å². The minimum atomic E-state index is -1.63. The van der Waals surface area contributed by atoms with Crippen LogP contribution in [-0.2, 0) is 140 Å². The lowest BCUT2D eigenvalue weighted by Crippen LogP contribution is -2.70. The highest BCUT2D eigenvalue weighted by atomic mass is 16.8. The van der Waals surface area contributed by atoms with Gasteiger partial charge < -0.3 is 101 Å². The molecule has 22 nitrogen and oxygen atoms in total. The van der Waals surface area contributed by atoms with Crippen LogP contribution in [0.25, 0.3) is 0 Å². The Morgan fingerprint density at radius 3 is 1.03 bits per heavy atom. The van der Waals surface area contributed by atoms with Crippen LogP contribution in [0.3, 0.4) is 0 Å². The fourth-order valence-corrected chi connectivity index (χ4v) is 15.0. The molecule has 20 atom stereocenters. The molecule has 0 bridgehead atoms. The number of aliphatic hydroxyl groups is 2. The van der Waals surface area contributed by atoms with Gasteiger partial charge in [0, 0.05) is 6.92 Å². The van der Waals surface area contributed by atoms with Gasteiger partial charge in [0.15, 0.2) is 25.2 Å². The van der Waals surface area contributed by atoms with E-state index in [1.54, 1.807) is 31.4 Å². The minimum Gasteiger partial charge on any atom is -0.497 e. The van der Waals surface area contributed by atoms with Crippen LogP contribution < -0.4 is 14.8 Å². The summed E-state index contributed by atoms with van der Waals surface area (Å²) in [5, 5.41) is 29.2. The molecule has 4 aliphatic rings. The molecule has 10 aromatic rings. The molecule has 4 fully saturated rings. The average molecular weight is 1610 g/mol. The highest BCUT2D eigenvalue weighted by Crippen LogP contribution is 2.41. The second-order valence-corrected chi connectivity index (χ2v) is 29.7. The number of benzene rings is 10. The van der Waals surface area contributed by atoms with Crippen LogP contribution in [0.5, 0.6) is 11.5 Å². The zero-order valence-corrected chi connectivity index (χ0v) is 66.5. The highest BCUT2D eigenvalue weighted by Gasteiger charge is 2.59. The van der Waals surface area contributed by atoms with Gasteiger partial charge in [0.2, 0.25) is 5.91 Å². The van der Waals surface area contributed by atoms with Crippen molar-refractivity contribution >= 4 is 5.91 Å². The maximum Gasteiger partial charge on any atom is 0.217 e. The number of methoxy groups -OCH3 is 1. The van der Waals surface area contributed by atoms with Gasteiger partial charge in [0.05, 0.1) is 85.9 Å². The molecule has 3 N–H and O–H groups in total. The summed E-state index contributed by atoms with van der Waals surface area (Å²) in [7, 11) is 1.57. The van der Waals surface area contributed by atoms with Crippen LogP contribution in [-0.4, -0.2) is 166 Å². The van der Waals surface area contributed by atoms with E-state index in [2.05, 4.69) is 5.32 Å². The molecule has 1 amide bonds. The average Bonchev–Trinajstić information content (AvgIpc) is 0.761. The molecule has 4 aliphatic heterocycles. The first-order chi connectivity index (χ1) is 58.0. The number of nitrogens with one attached hydrogen (secondary N) is 1. The lowest BCUT2D eigenvalue weighted by Gasteiger charge is -2.52. The van der Waals surface area contributed by atoms with Crippen LogP contribution in [0.2, 0.25) is 0 Å². The fraction of sp³-hybridized carbons (Fsp3) is 0.365. The van der Waals surface area contributed by atoms with Crippen molar-refractivity contribution in [1.82, 2.24) is 5.32 Å². The Hall–Kier alpha value is -9.45. The second kappa shape index (κ2) is 44.0. The molecule has 0 aliphatic carbocycles. The first-order valence-electron chi connectivity index (χ1n) is 40.3. The smallest absolute Gasteiger partial charge is 0.217 e. The standard InChI is InChI=1S/C96H105NO21/c1-65-83(105-55-69-35-17-6-18-36-69)87(107-57-71-39-21-8-22-40-71)91(110-60-74-45-27-11-28-46-74)95(112-65)117-86-81(97-66(2)98)94(114-78(82(86)99)64-104-77-51-49-76(101-3)50-52-77)118-89-84(106-56-70-37-19-7-20-38-70)79(62-102-53-67-31-13-4-14-32-67)115-96(92(89)111-61-75-47-29-12-30-48-75)116-85-80(63-103-54-68-33-15-5-16-34-68)113-93(100)90(109-59-73-43-25-10-26-44-73)88(85)108-58-72-41-23-9-24-42-72/h4-52,65,78-96,99-100H,53-64H2,1-3H3,(H,97,98)/t65-,78+,79+,80+,81+,82+,83+,84-,85+,86+,87+,88-,89-,90+,91-,92+,93+,94-,95-,96-/m0/s1. The molecule has 22 heteroatoms. The molecule has 4 heterocycles. The Morgan fingerprint density at radius 2 is 0.627 bits per heavy atom. The van der Waals surface area contributed by atoms with E-state index in [4.69, 9.17) is 85.3 Å². The predicted octanol–water partition coefficient (Wildman–Crippen LogP) is 13.5. The monoisotopic (exact) mass is 1610 g/mol. The highest BCUT2D eigenvalue weighted by molar-refractivity contribution is 5.73. The first-order valence-corrected chi connectivity index (χ1v) is 40.3. The number of carbonyl (C=O) groups is 1. The number of aliphatic hydroxyl groups excluding tert-OH is 2. The van der Waals surface area contributed by atoms with Gasteiger partial charge in [0.1, 0.15) is 110 Å². The molecule has 620 valence electrons. The van der Waals surface area contributed by atoms with Crippen LogP contribution in [0.15, 0.2) is 297 Å². The van der Waals surface area contributed by atoms with Gasteiger partial charge in [-0.3, -0.25) is 4.79 Å². The predicted molar refractivity (Wildman–Crippen MR) is 437 cm³/mol. The molecule has 14 rings (SSSR count). The normalized spacial score (nSPS) is 27.1. The maximum atomic E-state index is 14.5. The first kappa shape index (κ1) is 85.0. The molecule has 0 saturated carbocycles. The second-order valence-electron chi connectivity index (χ2n) is 29.7. The summed E-state index contributed by atoms with van der Waals surface area (Å²) in [6.07, 6.45) is -23.7. The number of hydrogen-bond acceptors (Lipinski definition) is 21. The van der Waals surface area contributed by atoms with Crippen LogP contribution >= 0.6 is 0 Å². The Labute approximate surface area is 689 Å². The van der Waals surface area contributed by atoms with Gasteiger partial charge in [-0.1, -0.05) is 273 Å². The molecule has 4 saturated heterocycles. The Morgan fingerprint density at radius 1 is 0.314 bits per heavy atom. The zero-order valence-electron chi connectivity index (χ0n) is 66.5. The maximum absolute atomic E-state index is 14.5. The fourth-order valence-electron chi connectivity index (χ4n) is 15.0. The van der Waals surface area contributed by atoms with Gasteiger partial charge in [0.25, 0.3) is 0 Å². The largest absolute Gasteiger partial charge is 0.497 e. The number of rotatable bonds is 40. The van der Waals surface area contributed by atoms with Crippen molar-refractivity contribution in [1.29, 1.82) is 0 Å². The summed E-state index contributed by atoms with van der Waals surface area (Å²) in [4.78, 5) is 14.5. The lowest BCUT2D eigenvalue weighted by molar-refractivity contribution is -0.391. The summed E-state index contributed by atoms with van der Waals surface area (Å²) in [6.45, 7) is 3.51. The van der Waals surface area contributed by atoms with Gasteiger partial charge >= 0.3 is 0 Å². The molecule has 0 unspecified atom stereocenters. The van der Waals surface area contributed by atoms with Crippen molar-refractivity contribution in [3.8, 4) is 11.5 Å². The molecule has 0 spiro atoms. The quantitative estimate of drug-likeness (QED) is 0.0324. The summed E-state index contributed by atoms with van der Waals surface area (Å²) >= 11 is 0. The lowest BCUT2D eigenvalue weighted by atomic mass is 9.93. The van der Waals surface area contributed by atoms with E-state index in [0.717, 1.165) is 50.1 Å². The minimum absolute atomic E-state index is 0.0143. The number of carbonyl (C=O) groups excluding carboxylic acids is 1. The van der Waals surface area contributed by atoms with E-state index in [9.17, 15) is 15.0 Å². The van der Waals surface area contributed by atoms with Crippen molar-refractivity contribution in [3.63, 3.8) is 0 Å². The third-order valence-electron chi connectivity index (χ3n) is 21.1. The van der Waals surface area contributed by atoms with Gasteiger partial charge in [-0.25, -0.2) is 0 Å². The van der Waals surface area contributed by atoms with E-state index in [1.165, 1.54) is 6.92 Å². The van der Waals surface area contributed by atoms with Crippen molar-refractivity contribution in [2.45, 2.75) is 196 Å². The van der Waals surface area contributed by atoms with E-state index < -0.39 is 129 Å². The summed E-state index contributed by atoms with van der Waals surface area (Å²) in [6, 6.07) is 93.0. The van der Waals surface area contributed by atoms with Crippen molar-refractivity contribution in [3.05, 3.63) is 347 Å². The number of amides is 1. The van der Waals surface area contributed by atoms with E-state index in [-0.39, 0.29) is 79.3 Å². The molecule has 10 aromatic carbocycles. The van der Waals surface area contributed by atoms with Crippen LogP contribution in [0.4, 0.5) is 0 Å². The summed E-state index contributed by atoms with van der Waals surface area (Å²) < 4.78 is 127. The van der Waals surface area contributed by atoms with Crippen molar-refractivity contribution < 1.29 is 100 Å². The Kier molecular flexibility index (Phi) is 31.7. The topological polar surface area (TPSA) is 236 Å². The molecular weight excluding hydrogens is 1500 g/mol. The molecule has 0 radical (unpaired) electrons. The summed E-state index contributed by atoms with van der Waals surface area (Å²) in [5.41, 5.74) is 7.68. The third kappa shape index (κ3) is 24.0. The van der Waals surface area contributed by atoms with Crippen molar-refractivity contribution in [2.75, 3.05) is 26.9 Å². The van der Waals surface area contributed by atoms with Crippen LogP contribution in [0.1, 0.15) is 63.9 Å². The SMILES string of the molecule is COc1ccc(OC[C@H]2O[C@@H](O[C@H]3[C@@H](OCc4ccccc4)[C@@H](COCc4ccccc4)O[C@@H](O[C@H]4[C@H](OCc5ccccc5)[C@@H](OCc5ccccc5)[C@H](O)O[C@@H]4COCc4ccccc4)[C@@H]3OCc3ccccc3)[C@H](NC(C)=O)[C@@H](O[C@@H]3O[C@@H](C)[C@@H](OCc4ccccc4)[C@@H](OCc4ccccc4)[C@@H]3OCc3ccccc3)[C@@H]2O)cc1. The van der Waals surface area contributed by atoms with E-state index in [1.807, 2.05) is 280 Å².